The summed E-state index contributed by atoms with van der Waals surface area (Å²) in [5.74, 6) is -1.18. The van der Waals surface area contributed by atoms with E-state index in [1.165, 1.54) is 36.5 Å². The summed E-state index contributed by atoms with van der Waals surface area (Å²) in [5.41, 5.74) is 4.23. The van der Waals surface area contributed by atoms with E-state index in [0.29, 0.717) is 30.2 Å². The number of halogens is 1. The summed E-state index contributed by atoms with van der Waals surface area (Å²) in [6.07, 6.45) is 1.91. The Balaban J connectivity index is 1.75. The van der Waals surface area contributed by atoms with Gasteiger partial charge in [-0.2, -0.15) is 0 Å². The molecule has 1 aromatic carbocycles. The standard InChI is InChI=1S/C18H18FN3O4/c19-13-1-3-14(4-2-13)26-18(17(24)25)6-9-22(10-7-18)15-11-12(16(20)23)5-8-21-15/h1-5,8,11H,6-7,9-10H2,(H2,20,23)(H,24,25). The molecule has 1 aliphatic heterocycles. The van der Waals surface area contributed by atoms with Gasteiger partial charge in [-0.05, 0) is 36.4 Å². The van der Waals surface area contributed by atoms with Gasteiger partial charge < -0.3 is 20.5 Å². The number of carbonyl (C=O) groups is 2. The number of rotatable bonds is 5. The zero-order valence-electron chi connectivity index (χ0n) is 13.9. The van der Waals surface area contributed by atoms with Crippen molar-refractivity contribution in [1.29, 1.82) is 0 Å². The lowest BCUT2D eigenvalue weighted by Gasteiger charge is -2.39. The summed E-state index contributed by atoms with van der Waals surface area (Å²) < 4.78 is 18.7. The van der Waals surface area contributed by atoms with Crippen molar-refractivity contribution in [2.24, 2.45) is 5.73 Å². The van der Waals surface area contributed by atoms with Crippen LogP contribution in [0.25, 0.3) is 0 Å². The third kappa shape index (κ3) is 3.58. The topological polar surface area (TPSA) is 106 Å². The van der Waals surface area contributed by atoms with Crippen LogP contribution in [0.15, 0.2) is 42.6 Å². The zero-order chi connectivity index (χ0) is 18.7. The quantitative estimate of drug-likeness (QED) is 0.844. The van der Waals surface area contributed by atoms with Gasteiger partial charge in [0.1, 0.15) is 17.4 Å². The van der Waals surface area contributed by atoms with Gasteiger partial charge in [0.25, 0.3) is 0 Å². The average molecular weight is 359 g/mol. The van der Waals surface area contributed by atoms with E-state index >= 15 is 0 Å². The number of pyridine rings is 1. The predicted molar refractivity (Wildman–Crippen MR) is 91.6 cm³/mol. The largest absolute Gasteiger partial charge is 0.478 e. The Hall–Kier alpha value is -3.16. The van der Waals surface area contributed by atoms with E-state index in [2.05, 4.69) is 4.98 Å². The number of aromatic nitrogens is 1. The smallest absolute Gasteiger partial charge is 0.348 e. The van der Waals surface area contributed by atoms with Gasteiger partial charge in [0.05, 0.1) is 0 Å². The number of nitrogens with two attached hydrogens (primary N) is 1. The summed E-state index contributed by atoms with van der Waals surface area (Å²) in [5, 5.41) is 9.68. The van der Waals surface area contributed by atoms with Gasteiger partial charge in [-0.1, -0.05) is 0 Å². The third-order valence-corrected chi connectivity index (χ3v) is 4.44. The summed E-state index contributed by atoms with van der Waals surface area (Å²) in [6.45, 7) is 0.755. The van der Waals surface area contributed by atoms with Crippen molar-refractivity contribution in [3.63, 3.8) is 0 Å². The fourth-order valence-electron chi connectivity index (χ4n) is 2.93. The maximum Gasteiger partial charge on any atom is 0.348 e. The van der Waals surface area contributed by atoms with Gasteiger partial charge in [0.2, 0.25) is 11.5 Å². The van der Waals surface area contributed by atoms with Gasteiger partial charge >= 0.3 is 5.97 Å². The van der Waals surface area contributed by atoms with Crippen LogP contribution in [0.5, 0.6) is 5.75 Å². The Kier molecular flexibility index (Phi) is 4.75. The normalized spacial score (nSPS) is 16.1. The highest BCUT2D eigenvalue weighted by atomic mass is 19.1. The Morgan fingerprint density at radius 2 is 1.85 bits per heavy atom. The molecule has 136 valence electrons. The lowest BCUT2D eigenvalue weighted by Crippen LogP contribution is -2.53. The van der Waals surface area contributed by atoms with Crippen molar-refractivity contribution >= 4 is 17.7 Å². The Bertz CT molecular complexity index is 817. The van der Waals surface area contributed by atoms with Gasteiger partial charge in [0.15, 0.2) is 0 Å². The number of carboxylic acid groups (broad SMARTS) is 1. The Morgan fingerprint density at radius 3 is 2.42 bits per heavy atom. The number of piperidine rings is 1. The Labute approximate surface area is 149 Å². The van der Waals surface area contributed by atoms with E-state index in [0.717, 1.165) is 0 Å². The molecule has 8 heteroatoms. The molecular formula is C18H18FN3O4. The molecule has 1 amide bonds. The molecule has 0 bridgehead atoms. The summed E-state index contributed by atoms with van der Waals surface area (Å²) in [7, 11) is 0. The summed E-state index contributed by atoms with van der Waals surface area (Å²) in [6, 6.07) is 8.36. The van der Waals surface area contributed by atoms with Crippen LogP contribution in [0.2, 0.25) is 0 Å². The first-order chi connectivity index (χ1) is 12.4. The number of primary amides is 1. The first kappa shape index (κ1) is 17.7. The van der Waals surface area contributed by atoms with Crippen molar-refractivity contribution in [1.82, 2.24) is 4.98 Å². The van der Waals surface area contributed by atoms with Crippen LogP contribution in [-0.2, 0) is 4.79 Å². The number of nitrogens with zero attached hydrogens (tertiary/aromatic N) is 2. The number of benzene rings is 1. The molecule has 2 heterocycles. The van der Waals surface area contributed by atoms with Crippen LogP contribution in [0.4, 0.5) is 10.2 Å². The molecule has 1 aliphatic rings. The minimum absolute atomic E-state index is 0.211. The van der Waals surface area contributed by atoms with E-state index < -0.39 is 23.3 Å². The van der Waals surface area contributed by atoms with Crippen molar-refractivity contribution < 1.29 is 23.8 Å². The van der Waals surface area contributed by atoms with Crippen LogP contribution in [0.3, 0.4) is 0 Å². The molecule has 3 rings (SSSR count). The number of anilines is 1. The van der Waals surface area contributed by atoms with Gasteiger partial charge in [-0.25, -0.2) is 14.2 Å². The number of amides is 1. The van der Waals surface area contributed by atoms with Crippen LogP contribution in [0, 0.1) is 5.82 Å². The molecular weight excluding hydrogens is 341 g/mol. The van der Waals surface area contributed by atoms with E-state index in [9.17, 15) is 19.1 Å². The monoisotopic (exact) mass is 359 g/mol. The SMILES string of the molecule is NC(=O)c1ccnc(N2CCC(Oc3ccc(F)cc3)(C(=O)O)CC2)c1. The number of aliphatic carboxylic acids is 1. The van der Waals surface area contributed by atoms with E-state index in [4.69, 9.17) is 10.5 Å². The van der Waals surface area contributed by atoms with Crippen LogP contribution in [-0.4, -0.2) is 40.7 Å². The van der Waals surface area contributed by atoms with Crippen molar-refractivity contribution in [2.45, 2.75) is 18.4 Å². The van der Waals surface area contributed by atoms with Crippen LogP contribution < -0.4 is 15.4 Å². The molecule has 0 spiro atoms. The lowest BCUT2D eigenvalue weighted by atomic mass is 9.91. The van der Waals surface area contributed by atoms with Gasteiger partial charge in [-0.3, -0.25) is 4.79 Å². The minimum Gasteiger partial charge on any atom is -0.478 e. The molecule has 1 saturated heterocycles. The van der Waals surface area contributed by atoms with Gasteiger partial charge in [0, 0.05) is 37.7 Å². The third-order valence-electron chi connectivity index (χ3n) is 4.44. The van der Waals surface area contributed by atoms with Crippen LogP contribution >= 0.6 is 0 Å². The molecule has 1 aromatic heterocycles. The highest BCUT2D eigenvalue weighted by molar-refractivity contribution is 5.93. The van der Waals surface area contributed by atoms with Crippen molar-refractivity contribution in [2.75, 3.05) is 18.0 Å². The fourth-order valence-corrected chi connectivity index (χ4v) is 2.93. The number of carboxylic acids is 1. The second-order valence-corrected chi connectivity index (χ2v) is 6.11. The fraction of sp³-hybridized carbons (Fsp3) is 0.278. The maximum atomic E-state index is 13.0. The predicted octanol–water partition coefficient (Wildman–Crippen LogP) is 1.82. The second kappa shape index (κ2) is 6.99. The number of hydrogen-bond acceptors (Lipinski definition) is 5. The molecule has 2 aromatic rings. The molecule has 0 aliphatic carbocycles. The number of hydrogen-bond donors (Lipinski definition) is 2. The molecule has 0 saturated carbocycles. The molecule has 1 fully saturated rings. The minimum atomic E-state index is -1.39. The van der Waals surface area contributed by atoms with Gasteiger partial charge in [-0.15, -0.1) is 0 Å². The molecule has 3 N–H and O–H groups in total. The second-order valence-electron chi connectivity index (χ2n) is 6.11. The first-order valence-corrected chi connectivity index (χ1v) is 8.08. The molecule has 0 unspecified atom stereocenters. The van der Waals surface area contributed by atoms with Crippen molar-refractivity contribution in [3.05, 3.63) is 54.0 Å². The summed E-state index contributed by atoms with van der Waals surface area (Å²) in [4.78, 5) is 29.2. The number of ether oxygens (including phenoxy) is 1. The summed E-state index contributed by atoms with van der Waals surface area (Å²) >= 11 is 0. The van der Waals surface area contributed by atoms with E-state index in [1.54, 1.807) is 6.07 Å². The van der Waals surface area contributed by atoms with Crippen LogP contribution in [0.1, 0.15) is 23.2 Å². The maximum absolute atomic E-state index is 13.0. The van der Waals surface area contributed by atoms with Crippen molar-refractivity contribution in [3.8, 4) is 5.75 Å². The number of carbonyl (C=O) groups excluding carboxylic acids is 1. The van der Waals surface area contributed by atoms with E-state index in [1.807, 2.05) is 4.90 Å². The highest BCUT2D eigenvalue weighted by Gasteiger charge is 2.44. The Morgan fingerprint density at radius 1 is 1.19 bits per heavy atom. The molecule has 26 heavy (non-hydrogen) atoms. The van der Waals surface area contributed by atoms with E-state index in [-0.39, 0.29) is 12.8 Å². The first-order valence-electron chi connectivity index (χ1n) is 8.08. The molecule has 0 radical (unpaired) electrons. The lowest BCUT2D eigenvalue weighted by molar-refractivity contribution is -0.157. The molecule has 0 atom stereocenters. The molecule has 7 nitrogen and oxygen atoms in total. The highest BCUT2D eigenvalue weighted by Crippen LogP contribution is 2.31. The zero-order valence-corrected chi connectivity index (χ0v) is 13.9. The average Bonchev–Trinajstić information content (AvgIpc) is 2.64.